The second-order valence-electron chi connectivity index (χ2n) is 26.3. The number of rotatable bonds is 24. The van der Waals surface area contributed by atoms with Crippen molar-refractivity contribution < 1.29 is 5.11 Å². The van der Waals surface area contributed by atoms with Gasteiger partial charge in [0.25, 0.3) is 0 Å². The predicted molar refractivity (Wildman–Crippen MR) is 393 cm³/mol. The third-order valence-corrected chi connectivity index (χ3v) is 19.5. The van der Waals surface area contributed by atoms with E-state index in [1.54, 1.807) is 0 Å². The molecule has 87 heavy (non-hydrogen) atoms. The zero-order valence-electron chi connectivity index (χ0n) is 53.6. The van der Waals surface area contributed by atoms with Crippen LogP contribution in [0.1, 0.15) is 304 Å². The summed E-state index contributed by atoms with van der Waals surface area (Å²) >= 11 is 0. The highest BCUT2D eigenvalue weighted by Crippen LogP contribution is 2.40. The Kier molecular flexibility index (Phi) is 51.9. The molecule has 0 amide bonds. The Morgan fingerprint density at radius 1 is 0.379 bits per heavy atom. The molecule has 0 bridgehead atoms. The molecule has 0 aromatic heterocycles. The van der Waals surface area contributed by atoms with Gasteiger partial charge in [-0.25, -0.2) is 0 Å². The van der Waals surface area contributed by atoms with Crippen LogP contribution >= 0.6 is 13.5 Å². The van der Waals surface area contributed by atoms with E-state index in [0.717, 1.165) is 81.8 Å². The maximum atomic E-state index is 9.06. The lowest BCUT2D eigenvalue weighted by Crippen LogP contribution is -2.40. The molecule has 4 atom stereocenters. The first-order valence-electron chi connectivity index (χ1n) is 35.6. The highest BCUT2D eigenvalue weighted by molar-refractivity contribution is 7.59. The van der Waals surface area contributed by atoms with Crippen LogP contribution < -0.4 is 42.5 Å². The fourth-order valence-electron chi connectivity index (χ4n) is 14.1. The molecule has 9 N–H and O–H groups in total. The van der Waals surface area contributed by atoms with Crippen LogP contribution in [0.3, 0.4) is 0 Å². The molecule has 6 saturated carbocycles. The first-order chi connectivity index (χ1) is 40.6. The van der Waals surface area contributed by atoms with Gasteiger partial charge in [0, 0.05) is 107 Å². The summed E-state index contributed by atoms with van der Waals surface area (Å²) in [5, 5.41) is 41.3. The van der Waals surface area contributed by atoms with E-state index in [4.69, 9.17) is 5.11 Å². The van der Waals surface area contributed by atoms with Crippen molar-refractivity contribution in [2.24, 2.45) is 0 Å². The Hall–Kier alpha value is -2.09. The quantitative estimate of drug-likeness (QED) is 0.0405. The van der Waals surface area contributed by atoms with E-state index in [2.05, 4.69) is 129 Å². The molecule has 3 unspecified atom stereocenters. The smallest absolute Gasteiger partial charge is 0.0584 e. The lowest BCUT2D eigenvalue weighted by Gasteiger charge is -2.24. The van der Waals surface area contributed by atoms with Crippen LogP contribution in [0, 0.1) is 0 Å². The molecule has 9 nitrogen and oxygen atoms in total. The van der Waals surface area contributed by atoms with Crippen LogP contribution in [-0.4, -0.2) is 106 Å². The number of benzene rings is 3. The van der Waals surface area contributed by atoms with E-state index in [1.807, 2.05) is 0 Å². The molecule has 3 aromatic carbocycles. The highest BCUT2D eigenvalue weighted by Gasteiger charge is 2.37. The normalized spacial score (nSPS) is 21.3. The zero-order chi connectivity index (χ0) is 57.2. The fraction of sp³-hybridized carbons (Fsp3) is 0.792. The van der Waals surface area contributed by atoms with Crippen LogP contribution in [-0.2, 0) is 0 Å². The Labute approximate surface area is 547 Å². The van der Waals surface area contributed by atoms with Crippen molar-refractivity contribution in [1.82, 2.24) is 42.5 Å². The van der Waals surface area contributed by atoms with Crippen LogP contribution in [0.2, 0.25) is 0 Å². The van der Waals surface area contributed by atoms with Crippen molar-refractivity contribution >= 4 is 24.3 Å². The second kappa shape index (κ2) is 54.5. The van der Waals surface area contributed by atoms with E-state index >= 15 is 0 Å². The van der Waals surface area contributed by atoms with Gasteiger partial charge in [-0.3, -0.25) is 0 Å². The minimum absolute atomic E-state index is 0. The van der Waals surface area contributed by atoms with E-state index in [-0.39, 0.29) is 55.9 Å². The van der Waals surface area contributed by atoms with Crippen molar-refractivity contribution in [2.75, 3.05) is 59.0 Å². The van der Waals surface area contributed by atoms with Crippen molar-refractivity contribution in [3.63, 3.8) is 0 Å². The Balaban J connectivity index is 0.000000573. The molecule has 506 valence electrons. The molecule has 6 fully saturated rings. The fourth-order valence-corrected chi connectivity index (χ4v) is 14.1. The number of hydrogen-bond acceptors (Lipinski definition) is 9. The Morgan fingerprint density at radius 2 is 0.701 bits per heavy atom. The molecule has 0 heterocycles. The van der Waals surface area contributed by atoms with Crippen LogP contribution in [0.15, 0.2) is 72.8 Å². The predicted octanol–water partition coefficient (Wildman–Crippen LogP) is 18.1. The SMILES string of the molecule is C.C.C.C.C1CCCC(NCCNC2CCCCCCC2)CCC1.CC(NCCNC1CCCCCCC1)c1cccc2ccccc12.CC[C@@H](CO)NCCNC1CCCCCCC1.S.c1ccc(C2CC2NCCNC2CCCCCCC2)cc1. The highest BCUT2D eigenvalue weighted by atomic mass is 32.1. The average Bonchev–Trinajstić information content (AvgIpc) is 2.34. The standard InChI is InChI=1S/C22H32N2.C19H30N2.C18H36N2.C14H30N2O.4CH4.H2S/c1-18(21-15-9-11-19-10-7-8-14-22(19)21)23-16-17-24-20-12-5-3-2-4-6-13-20;1-2-7-11-17(12-8-3-1)20-13-14-21-19-15-18(19)16-9-5-4-6-10-16;1-3-7-11-17(12-8-4-1)19-15-16-20-18-13-9-5-2-6-10-14-18;1-2-13(12-17)15-10-11-16-14-8-6-4-3-5-7-9-14;;;;;/h7-11,14-15,18,20,23-24H,2-6,12-13,16-17H2,1H3;4-6,9-10,17-21H,1-3,7-8,11-15H2;17-20H,1-16H2;13-17H,2-12H2,1H3;4*1H4;1H2/t;;;13-;;;;;/m...0...../s1. The summed E-state index contributed by atoms with van der Waals surface area (Å²) in [5.41, 5.74) is 2.90. The summed E-state index contributed by atoms with van der Waals surface area (Å²) < 4.78 is 0. The summed E-state index contributed by atoms with van der Waals surface area (Å²) in [4.78, 5) is 0. The maximum absolute atomic E-state index is 9.06. The van der Waals surface area contributed by atoms with E-state index in [1.165, 1.54) is 266 Å². The van der Waals surface area contributed by atoms with Gasteiger partial charge in [-0.15, -0.1) is 0 Å². The van der Waals surface area contributed by atoms with Gasteiger partial charge in [0.05, 0.1) is 6.61 Å². The lowest BCUT2D eigenvalue weighted by atomic mass is 9.96. The maximum Gasteiger partial charge on any atom is 0.0584 e. The van der Waals surface area contributed by atoms with Gasteiger partial charge in [-0.05, 0) is 106 Å². The molecular weight excluding hydrogens is 1080 g/mol. The van der Waals surface area contributed by atoms with E-state index in [0.29, 0.717) is 12.1 Å². The van der Waals surface area contributed by atoms with Gasteiger partial charge >= 0.3 is 0 Å². The number of aliphatic hydroxyl groups is 1. The summed E-state index contributed by atoms with van der Waals surface area (Å²) in [6.45, 7) is 13.3. The average molecular weight is 1230 g/mol. The van der Waals surface area contributed by atoms with Gasteiger partial charge in [0.2, 0.25) is 0 Å². The molecule has 6 aliphatic rings. The summed E-state index contributed by atoms with van der Waals surface area (Å²) in [6, 6.07) is 31.4. The lowest BCUT2D eigenvalue weighted by molar-refractivity contribution is 0.238. The van der Waals surface area contributed by atoms with Crippen LogP contribution in [0.5, 0.6) is 0 Å². The first-order valence-corrected chi connectivity index (χ1v) is 35.6. The van der Waals surface area contributed by atoms with Gasteiger partial charge < -0.3 is 47.6 Å². The minimum Gasteiger partial charge on any atom is -0.395 e. The number of aliphatic hydroxyl groups excluding tert-OH is 1. The third-order valence-electron chi connectivity index (χ3n) is 19.5. The van der Waals surface area contributed by atoms with Crippen LogP contribution in [0.4, 0.5) is 0 Å². The molecular formula is C77H146N8OS. The number of fused-ring (bicyclic) bond motifs is 1. The second-order valence-corrected chi connectivity index (χ2v) is 26.3. The number of hydrogen-bond donors (Lipinski definition) is 9. The van der Waals surface area contributed by atoms with Crippen molar-refractivity contribution in [2.45, 2.75) is 335 Å². The zero-order valence-corrected chi connectivity index (χ0v) is 54.6. The summed E-state index contributed by atoms with van der Waals surface area (Å²) in [5.74, 6) is 0.757. The van der Waals surface area contributed by atoms with Crippen molar-refractivity contribution in [3.05, 3.63) is 83.9 Å². The molecule has 6 aliphatic carbocycles. The van der Waals surface area contributed by atoms with Crippen LogP contribution in [0.25, 0.3) is 10.8 Å². The van der Waals surface area contributed by atoms with Gasteiger partial charge in [-0.1, -0.05) is 270 Å². The molecule has 0 aliphatic heterocycles. The largest absolute Gasteiger partial charge is 0.395 e. The molecule has 3 aromatic rings. The molecule has 0 spiro atoms. The number of nitrogens with one attached hydrogen (secondary N) is 8. The van der Waals surface area contributed by atoms with E-state index in [9.17, 15) is 0 Å². The molecule has 0 saturated heterocycles. The minimum atomic E-state index is 0. The molecule has 0 radical (unpaired) electrons. The van der Waals surface area contributed by atoms with Gasteiger partial charge in [-0.2, -0.15) is 13.5 Å². The monoisotopic (exact) mass is 1230 g/mol. The van der Waals surface area contributed by atoms with Crippen molar-refractivity contribution in [3.8, 4) is 0 Å². The Morgan fingerprint density at radius 3 is 1.08 bits per heavy atom. The van der Waals surface area contributed by atoms with Crippen molar-refractivity contribution in [1.29, 1.82) is 0 Å². The third kappa shape index (κ3) is 37.3. The van der Waals surface area contributed by atoms with Gasteiger partial charge in [0.1, 0.15) is 0 Å². The topological polar surface area (TPSA) is 116 Å². The van der Waals surface area contributed by atoms with E-state index < -0.39 is 0 Å². The summed E-state index contributed by atoms with van der Waals surface area (Å²) in [6.07, 6.45) is 51.9. The Bertz CT molecular complexity index is 1890. The molecule has 10 heteroatoms. The summed E-state index contributed by atoms with van der Waals surface area (Å²) in [7, 11) is 0. The van der Waals surface area contributed by atoms with Gasteiger partial charge in [0.15, 0.2) is 0 Å². The molecule has 9 rings (SSSR count). The first kappa shape index (κ1) is 82.9.